The van der Waals surface area contributed by atoms with Gasteiger partial charge in [-0.2, -0.15) is 0 Å². The maximum absolute atomic E-state index is 12.2. The van der Waals surface area contributed by atoms with Crippen LogP contribution in [0, 0.1) is 0 Å². The van der Waals surface area contributed by atoms with Gasteiger partial charge in [0.15, 0.2) is 4.96 Å². The van der Waals surface area contributed by atoms with E-state index in [1.165, 1.54) is 11.3 Å². The van der Waals surface area contributed by atoms with E-state index in [4.69, 9.17) is 16.3 Å². The first kappa shape index (κ1) is 17.5. The molecule has 0 atom stereocenters. The van der Waals surface area contributed by atoms with E-state index < -0.39 is 0 Å². The number of hydrogen-bond acceptors (Lipinski definition) is 5. The zero-order chi connectivity index (χ0) is 18.6. The van der Waals surface area contributed by atoms with Crippen molar-refractivity contribution in [3.8, 4) is 5.75 Å². The molecule has 0 bridgehead atoms. The van der Waals surface area contributed by atoms with Gasteiger partial charge in [0.05, 0.1) is 22.8 Å². The van der Waals surface area contributed by atoms with Gasteiger partial charge in [0.1, 0.15) is 12.4 Å². The summed E-state index contributed by atoms with van der Waals surface area (Å²) >= 11 is 7.80. The largest absolute Gasteiger partial charge is 0.486 e. The third kappa shape index (κ3) is 4.27. The summed E-state index contributed by atoms with van der Waals surface area (Å²) in [5.74, 6) is 0.383. The van der Waals surface area contributed by atoms with Gasteiger partial charge in [-0.25, -0.2) is 4.98 Å². The van der Waals surface area contributed by atoms with Crippen molar-refractivity contribution in [1.29, 1.82) is 0 Å². The van der Waals surface area contributed by atoms with E-state index in [9.17, 15) is 4.79 Å². The maximum atomic E-state index is 12.2. The molecule has 6 nitrogen and oxygen atoms in total. The molecular formula is C19H15ClN4O2S. The van der Waals surface area contributed by atoms with Crippen molar-refractivity contribution in [3.05, 3.63) is 76.8 Å². The Kier molecular flexibility index (Phi) is 5.04. The second-order valence-electron chi connectivity index (χ2n) is 5.80. The molecule has 27 heavy (non-hydrogen) atoms. The van der Waals surface area contributed by atoms with Crippen LogP contribution < -0.4 is 10.1 Å². The number of aromatic nitrogens is 3. The lowest BCUT2D eigenvalue weighted by Crippen LogP contribution is -2.14. The van der Waals surface area contributed by atoms with Crippen LogP contribution in [-0.4, -0.2) is 20.3 Å². The van der Waals surface area contributed by atoms with Crippen molar-refractivity contribution in [1.82, 2.24) is 14.4 Å². The normalized spacial score (nSPS) is 10.9. The van der Waals surface area contributed by atoms with Gasteiger partial charge < -0.3 is 10.1 Å². The first-order chi connectivity index (χ1) is 13.2. The number of fused-ring (bicyclic) bond motifs is 1. The molecule has 4 aromatic rings. The predicted octanol–water partition coefficient (Wildman–Crippen LogP) is 4.20. The van der Waals surface area contributed by atoms with Crippen molar-refractivity contribution in [2.45, 2.75) is 13.0 Å². The summed E-state index contributed by atoms with van der Waals surface area (Å²) in [5, 5.41) is 5.20. The molecule has 1 amide bonds. The third-order valence-electron chi connectivity index (χ3n) is 3.80. The van der Waals surface area contributed by atoms with E-state index in [1.54, 1.807) is 24.4 Å². The van der Waals surface area contributed by atoms with Crippen molar-refractivity contribution in [3.63, 3.8) is 0 Å². The number of rotatable bonds is 6. The maximum Gasteiger partial charge on any atom is 0.230 e. The van der Waals surface area contributed by atoms with Crippen LogP contribution in [0.25, 0.3) is 4.96 Å². The van der Waals surface area contributed by atoms with Crippen molar-refractivity contribution in [2.75, 3.05) is 5.32 Å². The first-order valence-electron chi connectivity index (χ1n) is 8.20. The Bertz CT molecular complexity index is 1050. The minimum atomic E-state index is -0.154. The number of benzene rings is 1. The molecule has 0 saturated heterocycles. The molecule has 1 N–H and O–H groups in total. The number of nitrogens with one attached hydrogen (secondary N) is 1. The van der Waals surface area contributed by atoms with Gasteiger partial charge in [0.25, 0.3) is 0 Å². The smallest absolute Gasteiger partial charge is 0.230 e. The summed E-state index contributed by atoms with van der Waals surface area (Å²) in [5.41, 5.74) is 2.14. The number of hydrogen-bond donors (Lipinski definition) is 1. The highest BCUT2D eigenvalue weighted by Gasteiger charge is 2.10. The zero-order valence-electron chi connectivity index (χ0n) is 14.1. The lowest BCUT2D eigenvalue weighted by atomic mass is 10.2. The van der Waals surface area contributed by atoms with E-state index in [1.807, 2.05) is 40.4 Å². The van der Waals surface area contributed by atoms with Crippen LogP contribution in [0.2, 0.25) is 5.02 Å². The monoisotopic (exact) mass is 398 g/mol. The van der Waals surface area contributed by atoms with E-state index in [-0.39, 0.29) is 12.3 Å². The number of pyridine rings is 1. The number of ether oxygens (including phenoxy) is 1. The molecule has 0 unspecified atom stereocenters. The molecule has 0 fully saturated rings. The summed E-state index contributed by atoms with van der Waals surface area (Å²) in [6.07, 6.45) is 5.68. The summed E-state index contributed by atoms with van der Waals surface area (Å²) in [4.78, 5) is 21.7. The molecule has 8 heteroatoms. The fourth-order valence-electron chi connectivity index (χ4n) is 2.56. The molecule has 4 rings (SSSR count). The molecule has 0 radical (unpaired) electrons. The number of nitrogens with zero attached hydrogens (tertiary/aromatic N) is 3. The van der Waals surface area contributed by atoms with Crippen LogP contribution in [0.4, 0.5) is 5.69 Å². The lowest BCUT2D eigenvalue weighted by Gasteiger charge is -2.10. The minimum absolute atomic E-state index is 0.154. The molecule has 3 heterocycles. The van der Waals surface area contributed by atoms with Crippen molar-refractivity contribution < 1.29 is 9.53 Å². The number of anilines is 1. The highest BCUT2D eigenvalue weighted by atomic mass is 35.5. The topological polar surface area (TPSA) is 68.5 Å². The van der Waals surface area contributed by atoms with Crippen LogP contribution in [0.15, 0.2) is 60.4 Å². The average molecular weight is 399 g/mol. The molecule has 1 aromatic carbocycles. The van der Waals surface area contributed by atoms with E-state index in [2.05, 4.69) is 15.3 Å². The van der Waals surface area contributed by atoms with Gasteiger partial charge in [0.2, 0.25) is 5.91 Å². The van der Waals surface area contributed by atoms with Gasteiger partial charge in [-0.1, -0.05) is 17.7 Å². The number of halogens is 1. The molecular weight excluding hydrogens is 384 g/mol. The molecule has 0 aliphatic rings. The predicted molar refractivity (Wildman–Crippen MR) is 105 cm³/mol. The van der Waals surface area contributed by atoms with Gasteiger partial charge in [0, 0.05) is 29.7 Å². The number of carbonyl (C=O) groups is 1. The lowest BCUT2D eigenvalue weighted by molar-refractivity contribution is -0.115. The van der Waals surface area contributed by atoms with Gasteiger partial charge in [-0.3, -0.25) is 14.2 Å². The van der Waals surface area contributed by atoms with Crippen LogP contribution >= 0.6 is 22.9 Å². The SMILES string of the molecule is O=C(Cc1cn2ccsc2n1)Nc1ccc(OCc2ccccn2)c(Cl)c1. The Morgan fingerprint density at radius 1 is 1.26 bits per heavy atom. The number of amides is 1. The Morgan fingerprint density at radius 2 is 2.19 bits per heavy atom. The first-order valence-corrected chi connectivity index (χ1v) is 9.46. The minimum Gasteiger partial charge on any atom is -0.486 e. The summed E-state index contributed by atoms with van der Waals surface area (Å²) in [6, 6.07) is 10.8. The number of thiazole rings is 1. The summed E-state index contributed by atoms with van der Waals surface area (Å²) < 4.78 is 7.59. The Labute approximate surface area is 164 Å². The third-order valence-corrected chi connectivity index (χ3v) is 4.87. The molecule has 0 spiro atoms. The Balaban J connectivity index is 1.36. The van der Waals surface area contributed by atoms with Crippen LogP contribution in [0.5, 0.6) is 5.75 Å². The average Bonchev–Trinajstić information content (AvgIpc) is 3.23. The molecule has 0 aliphatic carbocycles. The fraction of sp³-hybridized carbons (Fsp3) is 0.105. The molecule has 3 aromatic heterocycles. The van der Waals surface area contributed by atoms with Crippen LogP contribution in [-0.2, 0) is 17.8 Å². The van der Waals surface area contributed by atoms with Crippen LogP contribution in [0.1, 0.15) is 11.4 Å². The standard InChI is InChI=1S/C19H15ClN4O2S/c20-16-9-13(4-5-17(16)26-12-14-3-1-2-6-21-14)22-18(25)10-15-11-24-7-8-27-19(24)23-15/h1-9,11H,10,12H2,(H,22,25). The Hall–Kier alpha value is -2.90. The van der Waals surface area contributed by atoms with Gasteiger partial charge >= 0.3 is 0 Å². The van der Waals surface area contributed by atoms with Gasteiger partial charge in [-0.15, -0.1) is 11.3 Å². The van der Waals surface area contributed by atoms with E-state index >= 15 is 0 Å². The molecule has 0 aliphatic heterocycles. The molecule has 136 valence electrons. The van der Waals surface area contributed by atoms with Crippen molar-refractivity contribution >= 4 is 39.5 Å². The van der Waals surface area contributed by atoms with Gasteiger partial charge in [-0.05, 0) is 30.3 Å². The highest BCUT2D eigenvalue weighted by molar-refractivity contribution is 7.15. The van der Waals surface area contributed by atoms with E-state index in [0.29, 0.717) is 23.1 Å². The second-order valence-corrected chi connectivity index (χ2v) is 7.09. The zero-order valence-corrected chi connectivity index (χ0v) is 15.7. The van der Waals surface area contributed by atoms with Crippen molar-refractivity contribution in [2.24, 2.45) is 0 Å². The summed E-state index contributed by atoms with van der Waals surface area (Å²) in [7, 11) is 0. The molecule has 0 saturated carbocycles. The van der Waals surface area contributed by atoms with E-state index in [0.717, 1.165) is 16.3 Å². The highest BCUT2D eigenvalue weighted by Crippen LogP contribution is 2.28. The number of carbonyl (C=O) groups excluding carboxylic acids is 1. The van der Waals surface area contributed by atoms with Crippen LogP contribution in [0.3, 0.4) is 0 Å². The second kappa shape index (κ2) is 7.77. The fourth-order valence-corrected chi connectivity index (χ4v) is 3.52. The number of imidazole rings is 1. The Morgan fingerprint density at radius 3 is 2.96 bits per heavy atom. The quantitative estimate of drug-likeness (QED) is 0.528. The summed E-state index contributed by atoms with van der Waals surface area (Å²) in [6.45, 7) is 0.323.